The molecule has 1 heterocycles. The summed E-state index contributed by atoms with van der Waals surface area (Å²) < 4.78 is 0. The maximum Gasteiger partial charge on any atom is 0.0341 e. The summed E-state index contributed by atoms with van der Waals surface area (Å²) in [5, 5.41) is 0.854. The largest absolute Gasteiger partial charge is 0.271 e. The van der Waals surface area contributed by atoms with Crippen molar-refractivity contribution >= 4 is 11.8 Å². The minimum absolute atomic E-state index is 0.360. The van der Waals surface area contributed by atoms with E-state index in [0.29, 0.717) is 6.04 Å². The van der Waals surface area contributed by atoms with Crippen molar-refractivity contribution in [1.29, 1.82) is 0 Å². The van der Waals surface area contributed by atoms with Crippen LogP contribution in [0, 0.1) is 0 Å². The Morgan fingerprint density at radius 2 is 2.00 bits per heavy atom. The number of aromatic nitrogens is 1. The van der Waals surface area contributed by atoms with Crippen molar-refractivity contribution in [3.8, 4) is 0 Å². The highest BCUT2D eigenvalue weighted by Crippen LogP contribution is 2.28. The third kappa shape index (κ3) is 4.59. The Morgan fingerprint density at radius 1 is 1.28 bits per heavy atom. The first-order valence-corrected chi connectivity index (χ1v) is 7.90. The van der Waals surface area contributed by atoms with E-state index in [1.165, 1.54) is 37.7 Å². The highest BCUT2D eigenvalue weighted by Gasteiger charge is 2.16. The molecule has 3 N–H and O–H groups in total. The number of nitrogens with zero attached hydrogens (tertiary/aromatic N) is 1. The van der Waals surface area contributed by atoms with Crippen molar-refractivity contribution < 1.29 is 0 Å². The molecule has 1 saturated carbocycles. The molecule has 3 nitrogen and oxygen atoms in total. The normalized spacial score (nSPS) is 18.7. The predicted molar refractivity (Wildman–Crippen MR) is 78.4 cm³/mol. The first kappa shape index (κ1) is 13.8. The number of nitrogens with two attached hydrogens (primary N) is 1. The van der Waals surface area contributed by atoms with Gasteiger partial charge in [-0.15, -0.1) is 0 Å². The molecule has 2 rings (SSSR count). The van der Waals surface area contributed by atoms with Crippen LogP contribution >= 0.6 is 11.8 Å². The Morgan fingerprint density at radius 3 is 2.67 bits per heavy atom. The van der Waals surface area contributed by atoms with Crippen molar-refractivity contribution in [2.45, 2.75) is 49.8 Å². The standard InChI is InChI=1S/C14H23N3S/c15-17-13(10-12-6-8-16-9-7-12)11-18-14-4-2-1-3-5-14/h6-9,13-14,17H,1-5,10-11,15H2. The summed E-state index contributed by atoms with van der Waals surface area (Å²) in [6.07, 6.45) is 11.7. The first-order chi connectivity index (χ1) is 8.88. The molecular formula is C14H23N3S. The van der Waals surface area contributed by atoms with Crippen LogP contribution < -0.4 is 11.3 Å². The van der Waals surface area contributed by atoms with Crippen LogP contribution in [0.5, 0.6) is 0 Å². The van der Waals surface area contributed by atoms with Crippen LogP contribution in [0.25, 0.3) is 0 Å². The van der Waals surface area contributed by atoms with E-state index >= 15 is 0 Å². The zero-order valence-electron chi connectivity index (χ0n) is 10.8. The zero-order chi connectivity index (χ0) is 12.6. The molecule has 1 fully saturated rings. The van der Waals surface area contributed by atoms with Gasteiger partial charge in [-0.2, -0.15) is 11.8 Å². The number of thioether (sulfide) groups is 1. The van der Waals surface area contributed by atoms with Gasteiger partial charge in [-0.05, 0) is 37.0 Å². The van der Waals surface area contributed by atoms with E-state index in [2.05, 4.69) is 34.3 Å². The maximum atomic E-state index is 5.66. The van der Waals surface area contributed by atoms with Gasteiger partial charge < -0.3 is 0 Å². The Labute approximate surface area is 114 Å². The number of nitrogens with one attached hydrogen (secondary N) is 1. The Balaban J connectivity index is 1.75. The molecule has 1 atom stereocenters. The van der Waals surface area contributed by atoms with Gasteiger partial charge in [-0.1, -0.05) is 19.3 Å². The van der Waals surface area contributed by atoms with E-state index in [9.17, 15) is 0 Å². The lowest BCUT2D eigenvalue weighted by atomic mass is 10.0. The molecule has 100 valence electrons. The molecule has 1 aliphatic rings. The fourth-order valence-electron chi connectivity index (χ4n) is 2.45. The smallest absolute Gasteiger partial charge is 0.0341 e. The molecule has 1 aromatic rings. The Kier molecular flexibility index (Phi) is 5.97. The molecule has 0 spiro atoms. The molecule has 0 aliphatic heterocycles. The summed E-state index contributed by atoms with van der Waals surface area (Å²) in [5.41, 5.74) is 4.25. The lowest BCUT2D eigenvalue weighted by molar-refractivity contribution is 0.513. The van der Waals surface area contributed by atoms with E-state index in [-0.39, 0.29) is 0 Å². The molecule has 0 aromatic carbocycles. The summed E-state index contributed by atoms with van der Waals surface area (Å²) >= 11 is 2.09. The fraction of sp³-hybridized carbons (Fsp3) is 0.643. The van der Waals surface area contributed by atoms with E-state index in [0.717, 1.165) is 17.4 Å². The van der Waals surface area contributed by atoms with Crippen LogP contribution in [0.3, 0.4) is 0 Å². The molecule has 4 heteroatoms. The Hall–Kier alpha value is -0.580. The number of hydrogen-bond acceptors (Lipinski definition) is 4. The van der Waals surface area contributed by atoms with Crippen molar-refractivity contribution in [3.63, 3.8) is 0 Å². The van der Waals surface area contributed by atoms with Gasteiger partial charge in [-0.3, -0.25) is 16.3 Å². The SMILES string of the molecule is NNC(CSC1CCCCC1)Cc1ccncc1. The van der Waals surface area contributed by atoms with Crippen molar-refractivity contribution in [3.05, 3.63) is 30.1 Å². The van der Waals surface area contributed by atoms with Gasteiger partial charge >= 0.3 is 0 Å². The van der Waals surface area contributed by atoms with Crippen molar-refractivity contribution in [1.82, 2.24) is 10.4 Å². The molecular weight excluding hydrogens is 242 g/mol. The Bertz CT molecular complexity index is 325. The minimum atomic E-state index is 0.360. The van der Waals surface area contributed by atoms with E-state index in [1.807, 2.05) is 12.4 Å². The number of pyridine rings is 1. The van der Waals surface area contributed by atoms with Crippen LogP contribution in [-0.2, 0) is 6.42 Å². The minimum Gasteiger partial charge on any atom is -0.271 e. The molecule has 0 bridgehead atoms. The second-order valence-corrected chi connectivity index (χ2v) is 6.35. The molecule has 0 amide bonds. The summed E-state index contributed by atoms with van der Waals surface area (Å²) in [7, 11) is 0. The van der Waals surface area contributed by atoms with E-state index < -0.39 is 0 Å². The van der Waals surface area contributed by atoms with Crippen LogP contribution in [0.4, 0.5) is 0 Å². The van der Waals surface area contributed by atoms with E-state index in [4.69, 9.17) is 5.84 Å². The first-order valence-electron chi connectivity index (χ1n) is 6.85. The lowest BCUT2D eigenvalue weighted by Crippen LogP contribution is -2.39. The van der Waals surface area contributed by atoms with Crippen molar-refractivity contribution in [2.75, 3.05) is 5.75 Å². The summed E-state index contributed by atoms with van der Waals surface area (Å²) in [4.78, 5) is 4.04. The zero-order valence-corrected chi connectivity index (χ0v) is 11.7. The molecule has 0 saturated heterocycles. The molecule has 1 aliphatic carbocycles. The highest BCUT2D eigenvalue weighted by atomic mass is 32.2. The average molecular weight is 265 g/mol. The highest BCUT2D eigenvalue weighted by molar-refractivity contribution is 7.99. The monoisotopic (exact) mass is 265 g/mol. The quantitative estimate of drug-likeness (QED) is 0.613. The van der Waals surface area contributed by atoms with Gasteiger partial charge in [0.15, 0.2) is 0 Å². The maximum absolute atomic E-state index is 5.66. The van der Waals surface area contributed by atoms with Gasteiger partial charge in [0.05, 0.1) is 0 Å². The van der Waals surface area contributed by atoms with Crippen LogP contribution in [0.15, 0.2) is 24.5 Å². The third-order valence-corrected chi connectivity index (χ3v) is 5.09. The van der Waals surface area contributed by atoms with Gasteiger partial charge in [0.25, 0.3) is 0 Å². The topological polar surface area (TPSA) is 50.9 Å². The molecule has 1 unspecified atom stereocenters. The number of hydrogen-bond donors (Lipinski definition) is 2. The summed E-state index contributed by atoms with van der Waals surface area (Å²) in [6.45, 7) is 0. The molecule has 0 radical (unpaired) electrons. The summed E-state index contributed by atoms with van der Waals surface area (Å²) in [6, 6.07) is 4.49. The average Bonchev–Trinajstić information content (AvgIpc) is 2.45. The van der Waals surface area contributed by atoms with Crippen molar-refractivity contribution in [2.24, 2.45) is 5.84 Å². The summed E-state index contributed by atoms with van der Waals surface area (Å²) in [5.74, 6) is 6.76. The van der Waals surface area contributed by atoms with Gasteiger partial charge in [-0.25, -0.2) is 0 Å². The van der Waals surface area contributed by atoms with Crippen LogP contribution in [0.1, 0.15) is 37.7 Å². The number of rotatable bonds is 6. The lowest BCUT2D eigenvalue weighted by Gasteiger charge is -2.23. The van der Waals surface area contributed by atoms with Gasteiger partial charge in [0, 0.05) is 29.4 Å². The predicted octanol–water partition coefficient (Wildman–Crippen LogP) is 2.52. The van der Waals surface area contributed by atoms with E-state index in [1.54, 1.807) is 0 Å². The van der Waals surface area contributed by atoms with Crippen LogP contribution in [0.2, 0.25) is 0 Å². The molecule has 18 heavy (non-hydrogen) atoms. The number of hydrazine groups is 1. The van der Waals surface area contributed by atoms with Gasteiger partial charge in [0.2, 0.25) is 0 Å². The third-order valence-electron chi connectivity index (χ3n) is 3.55. The molecule has 1 aromatic heterocycles. The van der Waals surface area contributed by atoms with Crippen LogP contribution in [-0.4, -0.2) is 22.0 Å². The fourth-order valence-corrected chi connectivity index (χ4v) is 3.84. The second-order valence-electron chi connectivity index (χ2n) is 5.02. The second kappa shape index (κ2) is 7.77. The van der Waals surface area contributed by atoms with Gasteiger partial charge in [0.1, 0.15) is 0 Å².